The van der Waals surface area contributed by atoms with Gasteiger partial charge in [0.15, 0.2) is 0 Å². The first-order valence-corrected chi connectivity index (χ1v) is 6.51. The van der Waals surface area contributed by atoms with Crippen molar-refractivity contribution in [3.63, 3.8) is 0 Å². The monoisotopic (exact) mass is 291 g/mol. The highest BCUT2D eigenvalue weighted by molar-refractivity contribution is 5.97. The first-order valence-electron chi connectivity index (χ1n) is 6.51. The summed E-state index contributed by atoms with van der Waals surface area (Å²) in [4.78, 5) is 25.6. The summed E-state index contributed by atoms with van der Waals surface area (Å²) in [7, 11) is 1.31. The van der Waals surface area contributed by atoms with Crippen LogP contribution in [0.15, 0.2) is 18.2 Å². The van der Waals surface area contributed by atoms with Crippen LogP contribution in [0.3, 0.4) is 0 Å². The fourth-order valence-electron chi connectivity index (χ4n) is 1.98. The van der Waals surface area contributed by atoms with Gasteiger partial charge in [0, 0.05) is 24.4 Å². The van der Waals surface area contributed by atoms with Gasteiger partial charge in [0.1, 0.15) is 17.2 Å². The van der Waals surface area contributed by atoms with Gasteiger partial charge in [-0.2, -0.15) is 0 Å². The van der Waals surface area contributed by atoms with Crippen molar-refractivity contribution in [1.82, 2.24) is 4.98 Å². The summed E-state index contributed by atoms with van der Waals surface area (Å²) in [6.45, 7) is 5.10. The zero-order valence-corrected chi connectivity index (χ0v) is 12.4. The molecule has 0 bridgehead atoms. The molecule has 112 valence electrons. The lowest BCUT2D eigenvalue weighted by atomic mass is 10.2. The van der Waals surface area contributed by atoms with Crippen LogP contribution in [0.25, 0.3) is 10.9 Å². The smallest absolute Gasteiger partial charge is 0.354 e. The van der Waals surface area contributed by atoms with Gasteiger partial charge in [-0.3, -0.25) is 4.79 Å². The van der Waals surface area contributed by atoms with Crippen molar-refractivity contribution in [2.24, 2.45) is 0 Å². The van der Waals surface area contributed by atoms with E-state index < -0.39 is 11.9 Å². The van der Waals surface area contributed by atoms with Gasteiger partial charge in [-0.25, -0.2) is 4.79 Å². The van der Waals surface area contributed by atoms with Gasteiger partial charge >= 0.3 is 11.9 Å². The maximum atomic E-state index is 11.6. The molecule has 0 aliphatic carbocycles. The number of benzene rings is 1. The van der Waals surface area contributed by atoms with Crippen LogP contribution >= 0.6 is 0 Å². The van der Waals surface area contributed by atoms with Gasteiger partial charge in [0.2, 0.25) is 0 Å². The predicted octanol–water partition coefficient (Wildman–Crippen LogP) is 2.67. The lowest BCUT2D eigenvalue weighted by Crippen LogP contribution is -2.07. The second-order valence-corrected chi connectivity index (χ2v) is 4.82. The standard InChI is InChI=1S/C15H17NO5/c1-8(2)20-14-6-10(21-9(3)17)5-12-11(14)7-13(16-12)15(18)19-4/h5-8,16H,1-4H3. The first kappa shape index (κ1) is 14.9. The van der Waals surface area contributed by atoms with Crippen molar-refractivity contribution in [3.8, 4) is 11.5 Å². The predicted molar refractivity (Wildman–Crippen MR) is 76.7 cm³/mol. The summed E-state index contributed by atoms with van der Waals surface area (Å²) in [5.41, 5.74) is 0.936. The van der Waals surface area contributed by atoms with E-state index in [9.17, 15) is 9.59 Å². The summed E-state index contributed by atoms with van der Waals surface area (Å²) in [6.07, 6.45) is -0.0581. The molecule has 0 aliphatic heterocycles. The van der Waals surface area contributed by atoms with Crippen molar-refractivity contribution in [2.75, 3.05) is 7.11 Å². The van der Waals surface area contributed by atoms with Gasteiger partial charge in [-0.05, 0) is 19.9 Å². The molecule has 0 saturated carbocycles. The van der Waals surface area contributed by atoms with E-state index in [4.69, 9.17) is 9.47 Å². The van der Waals surface area contributed by atoms with Gasteiger partial charge in [-0.1, -0.05) is 0 Å². The topological polar surface area (TPSA) is 77.6 Å². The van der Waals surface area contributed by atoms with Crippen molar-refractivity contribution in [1.29, 1.82) is 0 Å². The van der Waals surface area contributed by atoms with E-state index in [0.717, 1.165) is 5.39 Å². The van der Waals surface area contributed by atoms with E-state index in [1.165, 1.54) is 14.0 Å². The minimum atomic E-state index is -0.476. The molecule has 1 aromatic heterocycles. The van der Waals surface area contributed by atoms with Crippen LogP contribution in [-0.2, 0) is 9.53 Å². The van der Waals surface area contributed by atoms with Crippen LogP contribution in [-0.4, -0.2) is 30.1 Å². The minimum Gasteiger partial charge on any atom is -0.490 e. The van der Waals surface area contributed by atoms with Gasteiger partial charge < -0.3 is 19.2 Å². The molecular formula is C15H17NO5. The van der Waals surface area contributed by atoms with E-state index in [0.29, 0.717) is 22.7 Å². The Bertz CT molecular complexity index is 687. The number of carbonyl (C=O) groups excluding carboxylic acids is 2. The Morgan fingerprint density at radius 3 is 2.48 bits per heavy atom. The number of hydrogen-bond acceptors (Lipinski definition) is 5. The van der Waals surface area contributed by atoms with E-state index in [-0.39, 0.29) is 6.10 Å². The second kappa shape index (κ2) is 5.87. The third-order valence-electron chi connectivity index (χ3n) is 2.70. The summed E-state index contributed by atoms with van der Waals surface area (Å²) >= 11 is 0. The first-order chi connectivity index (χ1) is 9.90. The number of carbonyl (C=O) groups is 2. The molecule has 0 amide bonds. The lowest BCUT2D eigenvalue weighted by Gasteiger charge is -2.12. The van der Waals surface area contributed by atoms with Crippen molar-refractivity contribution < 1.29 is 23.8 Å². The number of fused-ring (bicyclic) bond motifs is 1. The Hall–Kier alpha value is -2.50. The third-order valence-corrected chi connectivity index (χ3v) is 2.70. The van der Waals surface area contributed by atoms with Crippen LogP contribution in [0.1, 0.15) is 31.3 Å². The summed E-state index contributed by atoms with van der Waals surface area (Å²) < 4.78 is 15.5. The molecule has 0 saturated heterocycles. The summed E-state index contributed by atoms with van der Waals surface area (Å²) in [5.74, 6) is -0.0191. The largest absolute Gasteiger partial charge is 0.490 e. The van der Waals surface area contributed by atoms with Crippen LogP contribution < -0.4 is 9.47 Å². The van der Waals surface area contributed by atoms with E-state index in [2.05, 4.69) is 9.72 Å². The SMILES string of the molecule is COC(=O)c1cc2c(OC(C)C)cc(OC(C)=O)cc2[nH]1. The zero-order valence-electron chi connectivity index (χ0n) is 12.4. The van der Waals surface area contributed by atoms with E-state index in [1.54, 1.807) is 18.2 Å². The molecule has 2 rings (SSSR count). The minimum absolute atomic E-state index is 0.0581. The van der Waals surface area contributed by atoms with Crippen LogP contribution in [0.5, 0.6) is 11.5 Å². The Labute approximate surface area is 122 Å². The van der Waals surface area contributed by atoms with Crippen molar-refractivity contribution in [3.05, 3.63) is 23.9 Å². The number of nitrogens with one attached hydrogen (secondary N) is 1. The Balaban J connectivity index is 2.55. The van der Waals surface area contributed by atoms with Crippen molar-refractivity contribution in [2.45, 2.75) is 26.9 Å². The molecule has 21 heavy (non-hydrogen) atoms. The molecular weight excluding hydrogens is 274 g/mol. The molecule has 1 heterocycles. The number of hydrogen-bond donors (Lipinski definition) is 1. The fraction of sp³-hybridized carbons (Fsp3) is 0.333. The maximum absolute atomic E-state index is 11.6. The van der Waals surface area contributed by atoms with E-state index >= 15 is 0 Å². The normalized spacial score (nSPS) is 10.7. The number of ether oxygens (including phenoxy) is 3. The van der Waals surface area contributed by atoms with E-state index in [1.807, 2.05) is 13.8 Å². The highest BCUT2D eigenvalue weighted by Gasteiger charge is 2.15. The molecule has 0 aliphatic rings. The highest BCUT2D eigenvalue weighted by atomic mass is 16.5. The molecule has 0 fully saturated rings. The van der Waals surface area contributed by atoms with Crippen LogP contribution in [0, 0.1) is 0 Å². The lowest BCUT2D eigenvalue weighted by molar-refractivity contribution is -0.131. The average Bonchev–Trinajstić information content (AvgIpc) is 2.80. The molecule has 6 heteroatoms. The highest BCUT2D eigenvalue weighted by Crippen LogP contribution is 2.32. The van der Waals surface area contributed by atoms with Gasteiger partial charge in [0.25, 0.3) is 0 Å². The number of aromatic nitrogens is 1. The summed E-state index contributed by atoms with van der Waals surface area (Å²) in [6, 6.07) is 4.91. The quantitative estimate of drug-likeness (QED) is 0.692. The molecule has 1 N–H and O–H groups in total. The number of methoxy groups -OCH3 is 1. The molecule has 0 unspecified atom stereocenters. The number of H-pyrrole nitrogens is 1. The van der Waals surface area contributed by atoms with Crippen molar-refractivity contribution >= 4 is 22.8 Å². The Kier molecular flexibility index (Phi) is 4.16. The van der Waals surface area contributed by atoms with Crippen LogP contribution in [0.2, 0.25) is 0 Å². The summed E-state index contributed by atoms with van der Waals surface area (Å²) in [5, 5.41) is 0.722. The average molecular weight is 291 g/mol. The maximum Gasteiger partial charge on any atom is 0.354 e. The molecule has 0 radical (unpaired) electrons. The molecule has 1 aromatic carbocycles. The fourth-order valence-corrected chi connectivity index (χ4v) is 1.98. The van der Waals surface area contributed by atoms with Gasteiger partial charge in [0.05, 0.1) is 18.7 Å². The Morgan fingerprint density at radius 1 is 1.19 bits per heavy atom. The second-order valence-electron chi connectivity index (χ2n) is 4.82. The number of rotatable bonds is 4. The molecule has 0 spiro atoms. The molecule has 0 atom stereocenters. The Morgan fingerprint density at radius 2 is 1.90 bits per heavy atom. The van der Waals surface area contributed by atoms with Gasteiger partial charge in [-0.15, -0.1) is 0 Å². The molecule has 2 aromatic rings. The third kappa shape index (κ3) is 3.34. The zero-order chi connectivity index (χ0) is 15.6. The number of esters is 2. The number of aromatic amines is 1. The van der Waals surface area contributed by atoms with Crippen LogP contribution in [0.4, 0.5) is 0 Å². The molecule has 6 nitrogen and oxygen atoms in total.